The van der Waals surface area contributed by atoms with E-state index >= 15 is 0 Å². The van der Waals surface area contributed by atoms with Gasteiger partial charge in [-0.1, -0.05) is 51.5 Å². The van der Waals surface area contributed by atoms with Gasteiger partial charge < -0.3 is 10.3 Å². The lowest BCUT2D eigenvalue weighted by Gasteiger charge is -2.43. The maximum atomic E-state index is 13.7. The number of para-hydroxylation sites is 1. The number of nitrogens with one attached hydrogen (secondary N) is 2. The Hall–Kier alpha value is -2.90. The predicted molar refractivity (Wildman–Crippen MR) is 149 cm³/mol. The number of alkyl halides is 3. The van der Waals surface area contributed by atoms with Crippen LogP contribution in [0.1, 0.15) is 28.3 Å². The number of aromatic nitrogens is 1. The molecule has 2 aliphatic carbocycles. The summed E-state index contributed by atoms with van der Waals surface area (Å²) in [5, 5.41) is 3.03. The van der Waals surface area contributed by atoms with Crippen LogP contribution in [-0.2, 0) is 20.6 Å². The zero-order valence-electron chi connectivity index (χ0n) is 21.0. The van der Waals surface area contributed by atoms with Crippen LogP contribution in [0.25, 0.3) is 0 Å². The van der Waals surface area contributed by atoms with Crippen LogP contribution in [0.3, 0.4) is 0 Å². The number of halogens is 4. The van der Waals surface area contributed by atoms with Crippen molar-refractivity contribution in [3.63, 3.8) is 0 Å². The molecule has 4 aliphatic rings. The lowest BCUT2D eigenvalue weighted by Crippen LogP contribution is -2.42. The Morgan fingerprint density at radius 1 is 1.05 bits per heavy atom. The maximum absolute atomic E-state index is 13.7. The number of imide groups is 1. The first-order valence-corrected chi connectivity index (χ1v) is 15.5. The number of benzene rings is 2. The van der Waals surface area contributed by atoms with Crippen LogP contribution in [0.2, 0.25) is 0 Å². The van der Waals surface area contributed by atoms with E-state index in [1.54, 1.807) is 11.8 Å². The highest BCUT2D eigenvalue weighted by Gasteiger charge is 2.69. The molecule has 3 aromatic rings. The predicted octanol–water partition coefficient (Wildman–Crippen LogP) is 5.33. The van der Waals surface area contributed by atoms with Crippen LogP contribution in [0.5, 0.6) is 0 Å². The first-order valence-electron chi connectivity index (χ1n) is 13.0. The Labute approximate surface area is 248 Å². The summed E-state index contributed by atoms with van der Waals surface area (Å²) in [6.07, 6.45) is -3.98. The number of amides is 3. The van der Waals surface area contributed by atoms with E-state index in [1.165, 1.54) is 23.5 Å². The molecular formula is C28H21BrF3N3O4S2. The first-order chi connectivity index (χ1) is 19.5. The molecule has 2 N–H and O–H groups in total. The number of carbonyl (C=O) groups is 3. The smallest absolute Gasteiger partial charge is 0.324 e. The molecule has 7 rings (SSSR count). The van der Waals surface area contributed by atoms with Gasteiger partial charge in [0.25, 0.3) is 0 Å². The lowest BCUT2D eigenvalue weighted by molar-refractivity contribution is -0.143. The number of likely N-dealkylation sites (tertiary alicyclic amines) is 1. The number of hydrogen-bond acceptors (Lipinski definition) is 6. The minimum absolute atomic E-state index is 0.00342. The van der Waals surface area contributed by atoms with Gasteiger partial charge in [-0.3, -0.25) is 24.1 Å². The number of nitrogens with zero attached hydrogens (tertiary/aromatic N) is 1. The molecule has 7 nitrogen and oxygen atoms in total. The van der Waals surface area contributed by atoms with Crippen molar-refractivity contribution in [3.8, 4) is 0 Å². The van der Waals surface area contributed by atoms with Gasteiger partial charge in [0.1, 0.15) is 6.54 Å². The van der Waals surface area contributed by atoms with Crippen molar-refractivity contribution in [1.82, 2.24) is 9.88 Å². The number of rotatable bonds is 4. The summed E-state index contributed by atoms with van der Waals surface area (Å²) in [6, 6.07) is 12.5. The Morgan fingerprint density at radius 2 is 1.78 bits per heavy atom. The number of hydrogen-bond donors (Lipinski definition) is 2. The molecule has 0 spiro atoms. The molecule has 2 saturated carbocycles. The molecule has 13 heteroatoms. The highest BCUT2D eigenvalue weighted by Crippen LogP contribution is 2.68. The van der Waals surface area contributed by atoms with Gasteiger partial charge in [0.05, 0.1) is 28.1 Å². The van der Waals surface area contributed by atoms with E-state index in [0.717, 1.165) is 37.0 Å². The Balaban J connectivity index is 1.18. The average molecular weight is 665 g/mol. The monoisotopic (exact) mass is 663 g/mol. The van der Waals surface area contributed by atoms with E-state index in [0.29, 0.717) is 6.42 Å². The topological polar surface area (TPSA) is 99.3 Å². The molecule has 2 aromatic carbocycles. The van der Waals surface area contributed by atoms with Gasteiger partial charge in [0.2, 0.25) is 17.7 Å². The first kappa shape index (κ1) is 27.0. The van der Waals surface area contributed by atoms with Gasteiger partial charge in [-0.15, -0.1) is 11.8 Å². The molecule has 1 aromatic heterocycles. The van der Waals surface area contributed by atoms with E-state index < -0.39 is 53.5 Å². The van der Waals surface area contributed by atoms with Crippen molar-refractivity contribution < 1.29 is 27.6 Å². The molecule has 212 valence electrons. The second-order valence-corrected chi connectivity index (χ2v) is 14.0. The molecule has 3 fully saturated rings. The number of fused-ring (bicyclic) bond motifs is 9. The van der Waals surface area contributed by atoms with Gasteiger partial charge in [0.15, 0.2) is 0 Å². The molecule has 41 heavy (non-hydrogen) atoms. The minimum Gasteiger partial charge on any atom is -0.324 e. The molecule has 1 saturated heterocycles. The van der Waals surface area contributed by atoms with Crippen LogP contribution in [0.4, 0.5) is 18.9 Å². The fourth-order valence-electron chi connectivity index (χ4n) is 7.48. The van der Waals surface area contributed by atoms with Gasteiger partial charge in [0, 0.05) is 20.5 Å². The summed E-state index contributed by atoms with van der Waals surface area (Å²) in [6.45, 7) is -0.644. The second-order valence-electron chi connectivity index (χ2n) is 10.9. The van der Waals surface area contributed by atoms with Gasteiger partial charge >= 0.3 is 11.0 Å². The van der Waals surface area contributed by atoms with Crippen LogP contribution >= 0.6 is 39.0 Å². The Bertz CT molecular complexity index is 1670. The molecule has 0 radical (unpaired) electrons. The summed E-state index contributed by atoms with van der Waals surface area (Å²) in [7, 11) is 0. The van der Waals surface area contributed by atoms with E-state index in [-0.39, 0.29) is 33.8 Å². The fraction of sp³-hybridized carbons (Fsp3) is 0.357. The van der Waals surface area contributed by atoms with Crippen LogP contribution in [0, 0.1) is 29.6 Å². The zero-order chi connectivity index (χ0) is 28.8. The number of thiazole rings is 1. The van der Waals surface area contributed by atoms with Crippen molar-refractivity contribution in [2.45, 2.75) is 28.8 Å². The summed E-state index contributed by atoms with van der Waals surface area (Å²) >= 11 is 6.28. The largest absolute Gasteiger partial charge is 0.418 e. The quantitative estimate of drug-likeness (QED) is 0.368. The molecule has 7 atom stereocenters. The van der Waals surface area contributed by atoms with Crippen molar-refractivity contribution >= 4 is 62.4 Å². The third-order valence-electron chi connectivity index (χ3n) is 8.83. The van der Waals surface area contributed by atoms with Crippen LogP contribution in [-0.4, -0.2) is 39.4 Å². The van der Waals surface area contributed by atoms with E-state index in [1.807, 2.05) is 24.3 Å². The molecule has 3 heterocycles. The average Bonchev–Trinajstić information content (AvgIpc) is 3.64. The Kier molecular flexibility index (Phi) is 6.29. The summed E-state index contributed by atoms with van der Waals surface area (Å²) < 4.78 is 41.1. The van der Waals surface area contributed by atoms with Gasteiger partial charge in [-0.05, 0) is 54.0 Å². The third-order valence-corrected chi connectivity index (χ3v) is 11.9. The van der Waals surface area contributed by atoms with E-state index in [9.17, 15) is 32.3 Å². The van der Waals surface area contributed by atoms with Crippen molar-refractivity contribution in [2.24, 2.45) is 29.6 Å². The molecule has 3 amide bonds. The number of anilines is 1. The highest BCUT2D eigenvalue weighted by atomic mass is 79.9. The number of aromatic amines is 1. The Morgan fingerprint density at radius 3 is 2.51 bits per heavy atom. The molecule has 2 bridgehead atoms. The number of H-pyrrole nitrogens is 1. The fourth-order valence-corrected chi connectivity index (χ4v) is 10.8. The minimum atomic E-state index is -4.68. The number of thioether (sulfide) groups is 1. The normalized spacial score (nSPS) is 29.9. The second kappa shape index (κ2) is 9.56. The van der Waals surface area contributed by atoms with Crippen molar-refractivity contribution in [2.75, 3.05) is 11.9 Å². The number of carbonyl (C=O) groups excluding carboxylic acids is 3. The van der Waals surface area contributed by atoms with E-state index in [2.05, 4.69) is 26.2 Å². The summed E-state index contributed by atoms with van der Waals surface area (Å²) in [4.78, 5) is 57.2. The third kappa shape index (κ3) is 4.22. The lowest BCUT2D eigenvalue weighted by atomic mass is 9.68. The summed E-state index contributed by atoms with van der Waals surface area (Å²) in [5.74, 6) is -3.34. The maximum Gasteiger partial charge on any atom is 0.418 e. The molecular weight excluding hydrogens is 643 g/mol. The van der Waals surface area contributed by atoms with Crippen LogP contribution in [0.15, 0.2) is 62.8 Å². The standard InChI is InChI=1S/C28H21BrF3N3O4S2/c29-12-5-3-4-11(8-12)18-19-13-9-14(22(19)40-24-23(18)41-27(39)34-24)21-20(13)25(37)35(26(21)38)10-17(36)33-16-7-2-1-6-15(16)28(30,31)32/h1-8,13-14,18-22H,9-10H2,(H,33,36)(H,34,39)/t13?,14?,18-,19?,20?,21?,22?/m1/s1. The zero-order valence-corrected chi connectivity index (χ0v) is 24.2. The van der Waals surface area contributed by atoms with Gasteiger partial charge in [-0.2, -0.15) is 13.2 Å². The molecule has 6 unspecified atom stereocenters. The van der Waals surface area contributed by atoms with Crippen molar-refractivity contribution in [1.29, 1.82) is 0 Å². The van der Waals surface area contributed by atoms with E-state index in [4.69, 9.17) is 0 Å². The van der Waals surface area contributed by atoms with Crippen LogP contribution < -0.4 is 10.2 Å². The van der Waals surface area contributed by atoms with Crippen molar-refractivity contribution in [3.05, 3.63) is 78.7 Å². The van der Waals surface area contributed by atoms with Gasteiger partial charge in [-0.25, -0.2) is 0 Å². The highest BCUT2D eigenvalue weighted by molar-refractivity contribution is 9.10. The SMILES string of the molecule is O=C(CN1C(=O)C2C3CC(C2C1=O)C1C3Sc2[nH]c(=O)sc2[C@@H]1c1cccc(Br)c1)Nc1ccccc1C(F)(F)F. The summed E-state index contributed by atoms with van der Waals surface area (Å²) in [5.41, 5.74) is -0.414. The molecule has 2 aliphatic heterocycles.